The molecule has 78 valence electrons. The van der Waals surface area contributed by atoms with Crippen LogP contribution in [0.25, 0.3) is 0 Å². The fourth-order valence-corrected chi connectivity index (χ4v) is 1.23. The van der Waals surface area contributed by atoms with Crippen LogP contribution < -0.4 is 11.5 Å². The van der Waals surface area contributed by atoms with Crippen LogP contribution in [0.4, 0.5) is 5.69 Å². The second-order valence-corrected chi connectivity index (χ2v) is 3.36. The van der Waals surface area contributed by atoms with Gasteiger partial charge < -0.3 is 21.7 Å². The smallest absolute Gasteiger partial charge is 0.106 e. The summed E-state index contributed by atoms with van der Waals surface area (Å²) in [5.74, 6) is 0. The largest absolute Gasteiger partial charge is 0.399 e. The van der Waals surface area contributed by atoms with E-state index in [0.29, 0.717) is 11.3 Å². The van der Waals surface area contributed by atoms with E-state index >= 15 is 0 Å². The number of aliphatic hydroxyl groups is 2. The van der Waals surface area contributed by atoms with Gasteiger partial charge in [-0.15, -0.1) is 0 Å². The van der Waals surface area contributed by atoms with Crippen LogP contribution in [-0.2, 0) is 0 Å². The summed E-state index contributed by atoms with van der Waals surface area (Å²) >= 11 is 0. The van der Waals surface area contributed by atoms with Gasteiger partial charge in [-0.1, -0.05) is 12.1 Å². The van der Waals surface area contributed by atoms with Crippen LogP contribution >= 0.6 is 0 Å². The second kappa shape index (κ2) is 4.41. The van der Waals surface area contributed by atoms with Gasteiger partial charge in [-0.3, -0.25) is 0 Å². The maximum atomic E-state index is 9.63. The summed E-state index contributed by atoms with van der Waals surface area (Å²) in [6.07, 6.45) is -1.88. The Balaban J connectivity index is 2.91. The SMILES string of the molecule is Cc1cc(C(O)C(O)CN)ccc1N. The molecule has 0 aliphatic heterocycles. The standard InChI is InChI=1S/C10H16N2O2/c1-6-4-7(2-3-8(6)12)10(14)9(13)5-11/h2-4,9-10,13-14H,5,11-12H2,1H3. The van der Waals surface area contributed by atoms with Crippen LogP contribution in [0, 0.1) is 6.92 Å². The van der Waals surface area contributed by atoms with E-state index < -0.39 is 12.2 Å². The van der Waals surface area contributed by atoms with Crippen molar-refractivity contribution < 1.29 is 10.2 Å². The predicted molar refractivity (Wildman–Crippen MR) is 55.6 cm³/mol. The average Bonchev–Trinajstić information content (AvgIpc) is 2.20. The molecular formula is C10H16N2O2. The van der Waals surface area contributed by atoms with Crippen LogP contribution in [0.1, 0.15) is 17.2 Å². The fourth-order valence-electron chi connectivity index (χ4n) is 1.23. The number of rotatable bonds is 3. The Morgan fingerprint density at radius 2 is 2.00 bits per heavy atom. The third-order valence-corrected chi connectivity index (χ3v) is 2.24. The molecular weight excluding hydrogens is 180 g/mol. The summed E-state index contributed by atoms with van der Waals surface area (Å²) in [6.45, 7) is 1.88. The molecule has 1 aromatic carbocycles. The maximum Gasteiger partial charge on any atom is 0.106 e. The lowest BCUT2D eigenvalue weighted by molar-refractivity contribution is 0.0243. The number of nitrogen functional groups attached to an aromatic ring is 1. The molecule has 1 rings (SSSR count). The van der Waals surface area contributed by atoms with Gasteiger partial charge in [-0.2, -0.15) is 0 Å². The highest BCUT2D eigenvalue weighted by Crippen LogP contribution is 2.20. The van der Waals surface area contributed by atoms with E-state index in [4.69, 9.17) is 11.5 Å². The number of hydrogen-bond acceptors (Lipinski definition) is 4. The van der Waals surface area contributed by atoms with Gasteiger partial charge in [0.2, 0.25) is 0 Å². The molecule has 0 radical (unpaired) electrons. The molecule has 4 nitrogen and oxygen atoms in total. The maximum absolute atomic E-state index is 9.63. The van der Waals surface area contributed by atoms with Crippen molar-refractivity contribution in [3.63, 3.8) is 0 Å². The lowest BCUT2D eigenvalue weighted by atomic mass is 10.0. The van der Waals surface area contributed by atoms with E-state index in [1.54, 1.807) is 18.2 Å². The Labute approximate surface area is 83.2 Å². The Morgan fingerprint density at radius 1 is 1.36 bits per heavy atom. The quantitative estimate of drug-likeness (QED) is 0.509. The van der Waals surface area contributed by atoms with Crippen molar-refractivity contribution in [3.05, 3.63) is 29.3 Å². The van der Waals surface area contributed by atoms with E-state index in [1.165, 1.54) is 0 Å². The molecule has 0 heterocycles. The van der Waals surface area contributed by atoms with Crippen molar-refractivity contribution in [1.29, 1.82) is 0 Å². The van der Waals surface area contributed by atoms with Crippen molar-refractivity contribution in [2.24, 2.45) is 5.73 Å². The number of anilines is 1. The summed E-state index contributed by atoms with van der Waals surface area (Å²) < 4.78 is 0. The Hall–Kier alpha value is -1.10. The zero-order chi connectivity index (χ0) is 10.7. The zero-order valence-electron chi connectivity index (χ0n) is 8.14. The van der Waals surface area contributed by atoms with Crippen molar-refractivity contribution >= 4 is 5.69 Å². The Kier molecular flexibility index (Phi) is 3.46. The normalized spacial score (nSPS) is 15.1. The lowest BCUT2D eigenvalue weighted by Crippen LogP contribution is -2.27. The van der Waals surface area contributed by atoms with Crippen LogP contribution in [0.2, 0.25) is 0 Å². The summed E-state index contributed by atoms with van der Waals surface area (Å²) in [7, 11) is 0. The topological polar surface area (TPSA) is 92.5 Å². The summed E-state index contributed by atoms with van der Waals surface area (Å²) in [6, 6.07) is 5.14. The molecule has 0 aliphatic rings. The highest BCUT2D eigenvalue weighted by Gasteiger charge is 2.16. The van der Waals surface area contributed by atoms with E-state index in [-0.39, 0.29) is 6.54 Å². The predicted octanol–water partition coefficient (Wildman–Crippen LogP) is -0.0698. The first kappa shape index (κ1) is 11.0. The molecule has 0 spiro atoms. The number of benzene rings is 1. The second-order valence-electron chi connectivity index (χ2n) is 3.36. The first-order valence-corrected chi connectivity index (χ1v) is 4.48. The monoisotopic (exact) mass is 196 g/mol. The molecule has 0 fully saturated rings. The van der Waals surface area contributed by atoms with E-state index in [0.717, 1.165) is 5.56 Å². The molecule has 2 unspecified atom stereocenters. The third kappa shape index (κ3) is 2.23. The molecule has 0 saturated heterocycles. The van der Waals surface area contributed by atoms with Gasteiger partial charge in [0.25, 0.3) is 0 Å². The van der Waals surface area contributed by atoms with Crippen LogP contribution in [0.15, 0.2) is 18.2 Å². The van der Waals surface area contributed by atoms with Gasteiger partial charge in [0.05, 0.1) is 6.10 Å². The summed E-state index contributed by atoms with van der Waals surface area (Å²) in [5, 5.41) is 19.0. The fraction of sp³-hybridized carbons (Fsp3) is 0.400. The first-order chi connectivity index (χ1) is 6.56. The van der Waals surface area contributed by atoms with Crippen LogP contribution in [0.3, 0.4) is 0 Å². The van der Waals surface area contributed by atoms with Gasteiger partial charge >= 0.3 is 0 Å². The van der Waals surface area contributed by atoms with Gasteiger partial charge in [0.15, 0.2) is 0 Å². The van der Waals surface area contributed by atoms with Gasteiger partial charge in [0.1, 0.15) is 6.10 Å². The molecule has 0 aromatic heterocycles. The van der Waals surface area contributed by atoms with Gasteiger partial charge in [-0.05, 0) is 24.1 Å². The molecule has 14 heavy (non-hydrogen) atoms. The molecule has 1 aromatic rings. The van der Waals surface area contributed by atoms with Crippen LogP contribution in [0.5, 0.6) is 0 Å². The minimum atomic E-state index is -0.945. The number of aliphatic hydroxyl groups excluding tert-OH is 2. The lowest BCUT2D eigenvalue weighted by Gasteiger charge is -2.17. The van der Waals surface area contributed by atoms with E-state index in [1.807, 2.05) is 6.92 Å². The van der Waals surface area contributed by atoms with Crippen molar-refractivity contribution in [3.8, 4) is 0 Å². The Bertz CT molecular complexity index is 315. The number of aryl methyl sites for hydroxylation is 1. The minimum absolute atomic E-state index is 0.0323. The summed E-state index contributed by atoms with van der Waals surface area (Å²) in [4.78, 5) is 0. The third-order valence-electron chi connectivity index (χ3n) is 2.24. The molecule has 2 atom stereocenters. The van der Waals surface area contributed by atoms with Crippen molar-refractivity contribution in [2.45, 2.75) is 19.1 Å². The van der Waals surface area contributed by atoms with Gasteiger partial charge in [0, 0.05) is 12.2 Å². The molecule has 0 amide bonds. The minimum Gasteiger partial charge on any atom is -0.399 e. The molecule has 6 N–H and O–H groups in total. The first-order valence-electron chi connectivity index (χ1n) is 4.48. The molecule has 0 saturated carbocycles. The highest BCUT2D eigenvalue weighted by molar-refractivity contribution is 5.48. The molecule has 4 heteroatoms. The van der Waals surface area contributed by atoms with E-state index in [2.05, 4.69) is 0 Å². The number of nitrogens with two attached hydrogens (primary N) is 2. The zero-order valence-corrected chi connectivity index (χ0v) is 8.14. The highest BCUT2D eigenvalue weighted by atomic mass is 16.3. The van der Waals surface area contributed by atoms with E-state index in [9.17, 15) is 10.2 Å². The molecule has 0 aliphatic carbocycles. The van der Waals surface area contributed by atoms with Crippen LogP contribution in [-0.4, -0.2) is 22.9 Å². The van der Waals surface area contributed by atoms with Gasteiger partial charge in [-0.25, -0.2) is 0 Å². The molecule has 0 bridgehead atoms. The van der Waals surface area contributed by atoms with Crippen molar-refractivity contribution in [1.82, 2.24) is 0 Å². The average molecular weight is 196 g/mol. The Morgan fingerprint density at radius 3 is 2.50 bits per heavy atom. The van der Waals surface area contributed by atoms with Crippen molar-refractivity contribution in [2.75, 3.05) is 12.3 Å². The summed E-state index contributed by atoms with van der Waals surface area (Å²) in [5.41, 5.74) is 13.1. The number of hydrogen-bond donors (Lipinski definition) is 4.